The van der Waals surface area contributed by atoms with Crippen molar-refractivity contribution < 1.29 is 4.74 Å². The zero-order valence-corrected chi connectivity index (χ0v) is 9.34. The predicted molar refractivity (Wildman–Crippen MR) is 61.3 cm³/mol. The van der Waals surface area contributed by atoms with Crippen molar-refractivity contribution in [2.45, 2.75) is 6.54 Å². The molecule has 0 radical (unpaired) electrons. The summed E-state index contributed by atoms with van der Waals surface area (Å²) in [6.45, 7) is 0.654. The van der Waals surface area contributed by atoms with Crippen LogP contribution in [0.4, 0.5) is 5.82 Å². The number of methoxy groups -OCH3 is 1. The van der Waals surface area contributed by atoms with Gasteiger partial charge in [0, 0.05) is 19.3 Å². The maximum absolute atomic E-state index is 5.04. The van der Waals surface area contributed by atoms with Crippen molar-refractivity contribution in [2.24, 2.45) is 7.05 Å². The number of nitrogens with one attached hydrogen (secondary N) is 1. The standard InChI is InChI=1S/C11H14N4O/c1-15-7-6-9(14-15)8-12-10-4-3-5-11(13-10)16-2/h3-7H,8H2,1-2H3,(H,12,13). The fourth-order valence-corrected chi connectivity index (χ4v) is 1.37. The largest absolute Gasteiger partial charge is 0.481 e. The summed E-state index contributed by atoms with van der Waals surface area (Å²) in [6, 6.07) is 7.57. The monoisotopic (exact) mass is 218 g/mol. The Morgan fingerprint density at radius 3 is 2.94 bits per heavy atom. The molecule has 0 fully saturated rings. The van der Waals surface area contributed by atoms with E-state index in [0.29, 0.717) is 12.4 Å². The van der Waals surface area contributed by atoms with Crippen molar-refractivity contribution >= 4 is 5.82 Å². The molecule has 2 heterocycles. The van der Waals surface area contributed by atoms with Gasteiger partial charge in [-0.15, -0.1) is 0 Å². The van der Waals surface area contributed by atoms with E-state index in [1.54, 1.807) is 11.8 Å². The minimum atomic E-state index is 0.603. The summed E-state index contributed by atoms with van der Waals surface area (Å²) in [4.78, 5) is 4.25. The van der Waals surface area contributed by atoms with Gasteiger partial charge in [-0.3, -0.25) is 4.68 Å². The minimum absolute atomic E-state index is 0.603. The molecule has 16 heavy (non-hydrogen) atoms. The number of pyridine rings is 1. The summed E-state index contributed by atoms with van der Waals surface area (Å²) in [7, 11) is 3.50. The quantitative estimate of drug-likeness (QED) is 0.843. The highest BCUT2D eigenvalue weighted by Crippen LogP contribution is 2.11. The summed E-state index contributed by atoms with van der Waals surface area (Å²) < 4.78 is 6.81. The number of aryl methyl sites for hydroxylation is 1. The third-order valence-corrected chi connectivity index (χ3v) is 2.15. The van der Waals surface area contributed by atoms with Crippen LogP contribution in [0.25, 0.3) is 0 Å². The molecule has 0 bridgehead atoms. The molecule has 0 saturated heterocycles. The Bertz CT molecular complexity index is 467. The van der Waals surface area contributed by atoms with Crippen LogP contribution in [-0.4, -0.2) is 21.9 Å². The number of rotatable bonds is 4. The highest BCUT2D eigenvalue weighted by atomic mass is 16.5. The van der Waals surface area contributed by atoms with Crippen LogP contribution >= 0.6 is 0 Å². The zero-order chi connectivity index (χ0) is 11.4. The molecule has 2 aromatic heterocycles. The summed E-state index contributed by atoms with van der Waals surface area (Å²) in [6.07, 6.45) is 1.91. The van der Waals surface area contributed by atoms with Gasteiger partial charge in [-0.25, -0.2) is 0 Å². The topological polar surface area (TPSA) is 52.0 Å². The lowest BCUT2D eigenvalue weighted by Crippen LogP contribution is -2.03. The van der Waals surface area contributed by atoms with Crippen molar-refractivity contribution in [1.29, 1.82) is 0 Å². The van der Waals surface area contributed by atoms with Gasteiger partial charge in [0.15, 0.2) is 0 Å². The molecule has 0 saturated carbocycles. The summed E-state index contributed by atoms with van der Waals surface area (Å²) >= 11 is 0. The Morgan fingerprint density at radius 2 is 2.25 bits per heavy atom. The minimum Gasteiger partial charge on any atom is -0.481 e. The van der Waals surface area contributed by atoms with Crippen LogP contribution in [0.1, 0.15) is 5.69 Å². The molecule has 0 aromatic carbocycles. The number of anilines is 1. The Balaban J connectivity index is 1.99. The molecule has 0 aliphatic carbocycles. The maximum Gasteiger partial charge on any atom is 0.214 e. The number of nitrogens with zero attached hydrogens (tertiary/aromatic N) is 3. The van der Waals surface area contributed by atoms with E-state index in [1.165, 1.54) is 0 Å². The first-order valence-electron chi connectivity index (χ1n) is 5.01. The lowest BCUT2D eigenvalue weighted by molar-refractivity contribution is 0.398. The first kappa shape index (κ1) is 10.5. The van der Waals surface area contributed by atoms with Crippen LogP contribution in [0.15, 0.2) is 30.5 Å². The van der Waals surface area contributed by atoms with Gasteiger partial charge in [0.1, 0.15) is 5.82 Å². The number of aromatic nitrogens is 3. The molecule has 0 atom stereocenters. The maximum atomic E-state index is 5.04. The van der Waals surface area contributed by atoms with Crippen molar-refractivity contribution in [3.05, 3.63) is 36.2 Å². The first-order valence-corrected chi connectivity index (χ1v) is 5.01. The Kier molecular flexibility index (Phi) is 3.05. The van der Waals surface area contributed by atoms with Gasteiger partial charge < -0.3 is 10.1 Å². The summed E-state index contributed by atoms with van der Waals surface area (Å²) in [5.74, 6) is 1.39. The van der Waals surface area contributed by atoms with Crippen LogP contribution in [0.2, 0.25) is 0 Å². The van der Waals surface area contributed by atoms with Gasteiger partial charge in [0.2, 0.25) is 5.88 Å². The molecule has 2 aromatic rings. The smallest absolute Gasteiger partial charge is 0.214 e. The molecule has 0 spiro atoms. The Hall–Kier alpha value is -2.04. The lowest BCUT2D eigenvalue weighted by atomic mass is 10.4. The predicted octanol–water partition coefficient (Wildman–Crippen LogP) is 1.44. The second-order valence-electron chi connectivity index (χ2n) is 3.40. The highest BCUT2D eigenvalue weighted by molar-refractivity contribution is 5.37. The molecule has 0 aliphatic rings. The van der Waals surface area contributed by atoms with Crippen molar-refractivity contribution in [3.63, 3.8) is 0 Å². The molecule has 2 rings (SSSR count). The van der Waals surface area contributed by atoms with Gasteiger partial charge in [-0.1, -0.05) is 6.07 Å². The van der Waals surface area contributed by atoms with Crippen LogP contribution in [0.5, 0.6) is 5.88 Å². The first-order chi connectivity index (χ1) is 7.78. The molecular weight excluding hydrogens is 204 g/mol. The normalized spacial score (nSPS) is 10.1. The van der Waals surface area contributed by atoms with E-state index < -0.39 is 0 Å². The molecular formula is C11H14N4O. The fourth-order valence-electron chi connectivity index (χ4n) is 1.37. The SMILES string of the molecule is COc1cccc(NCc2ccn(C)n2)n1. The van der Waals surface area contributed by atoms with E-state index in [-0.39, 0.29) is 0 Å². The van der Waals surface area contributed by atoms with Crippen LogP contribution in [-0.2, 0) is 13.6 Å². The van der Waals surface area contributed by atoms with E-state index in [1.807, 2.05) is 37.5 Å². The van der Waals surface area contributed by atoms with Crippen LogP contribution < -0.4 is 10.1 Å². The van der Waals surface area contributed by atoms with Gasteiger partial charge in [0.05, 0.1) is 19.3 Å². The number of hydrogen-bond donors (Lipinski definition) is 1. The molecule has 1 N–H and O–H groups in total. The Labute approximate surface area is 94.1 Å². The molecule has 5 nitrogen and oxygen atoms in total. The van der Waals surface area contributed by atoms with Crippen LogP contribution in [0, 0.1) is 0 Å². The van der Waals surface area contributed by atoms with Crippen LogP contribution in [0.3, 0.4) is 0 Å². The second kappa shape index (κ2) is 4.65. The third-order valence-electron chi connectivity index (χ3n) is 2.15. The van der Waals surface area contributed by atoms with Gasteiger partial charge in [-0.05, 0) is 12.1 Å². The van der Waals surface area contributed by atoms with Crippen molar-refractivity contribution in [1.82, 2.24) is 14.8 Å². The van der Waals surface area contributed by atoms with E-state index >= 15 is 0 Å². The number of ether oxygens (including phenoxy) is 1. The van der Waals surface area contributed by atoms with Crippen molar-refractivity contribution in [3.8, 4) is 5.88 Å². The molecule has 0 aliphatic heterocycles. The lowest BCUT2D eigenvalue weighted by Gasteiger charge is -2.04. The van der Waals surface area contributed by atoms with E-state index in [4.69, 9.17) is 4.74 Å². The summed E-state index contributed by atoms with van der Waals surface area (Å²) in [5, 5.41) is 7.45. The van der Waals surface area contributed by atoms with Gasteiger partial charge in [-0.2, -0.15) is 10.1 Å². The molecule has 5 heteroatoms. The van der Waals surface area contributed by atoms with Gasteiger partial charge in [0.25, 0.3) is 0 Å². The number of hydrogen-bond acceptors (Lipinski definition) is 4. The third kappa shape index (κ3) is 2.50. The van der Waals surface area contributed by atoms with E-state index in [0.717, 1.165) is 11.5 Å². The van der Waals surface area contributed by atoms with E-state index in [9.17, 15) is 0 Å². The summed E-state index contributed by atoms with van der Waals surface area (Å²) in [5.41, 5.74) is 0.979. The van der Waals surface area contributed by atoms with E-state index in [2.05, 4.69) is 15.4 Å². The average molecular weight is 218 g/mol. The highest BCUT2D eigenvalue weighted by Gasteiger charge is 1.99. The fraction of sp³-hybridized carbons (Fsp3) is 0.273. The van der Waals surface area contributed by atoms with Crippen molar-refractivity contribution in [2.75, 3.05) is 12.4 Å². The second-order valence-corrected chi connectivity index (χ2v) is 3.40. The molecule has 0 unspecified atom stereocenters. The molecule has 0 amide bonds. The van der Waals surface area contributed by atoms with Gasteiger partial charge >= 0.3 is 0 Å². The molecule has 84 valence electrons. The Morgan fingerprint density at radius 1 is 1.38 bits per heavy atom. The average Bonchev–Trinajstić information content (AvgIpc) is 2.73. The zero-order valence-electron chi connectivity index (χ0n) is 9.34.